The van der Waals surface area contributed by atoms with Gasteiger partial charge in [-0.2, -0.15) is 0 Å². The van der Waals surface area contributed by atoms with Gasteiger partial charge in [0.15, 0.2) is 5.75 Å². The number of aromatic nitrogens is 4. The highest BCUT2D eigenvalue weighted by molar-refractivity contribution is 5.87. The van der Waals surface area contributed by atoms with Crippen molar-refractivity contribution in [3.63, 3.8) is 0 Å². The average molecular weight is 433 g/mol. The fourth-order valence-corrected chi connectivity index (χ4v) is 3.81. The van der Waals surface area contributed by atoms with Crippen molar-refractivity contribution < 1.29 is 19.3 Å². The summed E-state index contributed by atoms with van der Waals surface area (Å²) in [4.78, 5) is 15.8. The van der Waals surface area contributed by atoms with Crippen molar-refractivity contribution in [1.29, 1.82) is 0 Å². The van der Waals surface area contributed by atoms with E-state index in [-0.39, 0.29) is 5.88 Å². The first kappa shape index (κ1) is 20.1. The van der Waals surface area contributed by atoms with Gasteiger partial charge in [0, 0.05) is 31.0 Å². The average Bonchev–Trinajstić information content (AvgIpc) is 3.20. The molecule has 0 radical (unpaired) electrons. The molecule has 0 saturated carbocycles. The molecule has 0 unspecified atom stereocenters. The molecule has 1 N–H and O–H groups in total. The number of rotatable bonds is 5. The fourth-order valence-electron chi connectivity index (χ4n) is 3.81. The number of morpholine rings is 1. The molecule has 9 nitrogen and oxygen atoms in total. The Morgan fingerprint density at radius 1 is 1.00 bits per heavy atom. The maximum atomic E-state index is 10.8. The number of pyridine rings is 3. The highest BCUT2D eigenvalue weighted by atomic mass is 16.5. The maximum absolute atomic E-state index is 10.8. The third-order valence-electron chi connectivity index (χ3n) is 5.52. The van der Waals surface area contributed by atoms with Gasteiger partial charge in [0.25, 0.3) is 5.88 Å². The van der Waals surface area contributed by atoms with Gasteiger partial charge in [-0.1, -0.05) is 0 Å². The molecule has 0 atom stereocenters. The zero-order valence-corrected chi connectivity index (χ0v) is 17.9. The molecule has 4 aromatic rings. The number of nitrogens with zero attached hydrogens (tertiary/aromatic N) is 5. The lowest BCUT2D eigenvalue weighted by Crippen LogP contribution is -2.36. The van der Waals surface area contributed by atoms with Crippen LogP contribution in [0.2, 0.25) is 0 Å². The van der Waals surface area contributed by atoms with Gasteiger partial charge in [-0.25, -0.2) is 15.0 Å². The zero-order valence-electron chi connectivity index (χ0n) is 17.9. The Bertz CT molecular complexity index is 1250. The van der Waals surface area contributed by atoms with Crippen molar-refractivity contribution in [3.8, 4) is 34.5 Å². The van der Waals surface area contributed by atoms with E-state index in [1.165, 1.54) is 0 Å². The molecule has 4 aromatic heterocycles. The minimum atomic E-state index is 0.116. The van der Waals surface area contributed by atoms with Gasteiger partial charge in [-0.15, -0.1) is 0 Å². The van der Waals surface area contributed by atoms with E-state index in [4.69, 9.17) is 19.2 Å². The Morgan fingerprint density at radius 3 is 2.56 bits per heavy atom. The van der Waals surface area contributed by atoms with E-state index in [2.05, 4.69) is 14.9 Å². The summed E-state index contributed by atoms with van der Waals surface area (Å²) < 4.78 is 17.6. The van der Waals surface area contributed by atoms with Crippen LogP contribution in [-0.4, -0.2) is 65.1 Å². The predicted octanol–water partition coefficient (Wildman–Crippen LogP) is 3.04. The second kappa shape index (κ2) is 8.35. The van der Waals surface area contributed by atoms with Crippen molar-refractivity contribution in [2.24, 2.45) is 0 Å². The van der Waals surface area contributed by atoms with Crippen molar-refractivity contribution in [3.05, 3.63) is 48.9 Å². The summed E-state index contributed by atoms with van der Waals surface area (Å²) in [7, 11) is 3.11. The van der Waals surface area contributed by atoms with Crippen LogP contribution in [0.3, 0.4) is 0 Å². The van der Waals surface area contributed by atoms with Crippen LogP contribution in [0.4, 0.5) is 5.82 Å². The summed E-state index contributed by atoms with van der Waals surface area (Å²) >= 11 is 0. The molecule has 0 amide bonds. The monoisotopic (exact) mass is 433 g/mol. The third kappa shape index (κ3) is 3.56. The van der Waals surface area contributed by atoms with Crippen LogP contribution < -0.4 is 14.4 Å². The van der Waals surface area contributed by atoms with Crippen LogP contribution in [0.15, 0.2) is 48.9 Å². The molecule has 1 saturated heterocycles. The van der Waals surface area contributed by atoms with Gasteiger partial charge >= 0.3 is 0 Å². The van der Waals surface area contributed by atoms with Gasteiger partial charge in [0.2, 0.25) is 5.88 Å². The minimum Gasteiger partial charge on any atom is -0.494 e. The van der Waals surface area contributed by atoms with Gasteiger partial charge < -0.3 is 24.2 Å². The normalized spacial score (nSPS) is 14.0. The van der Waals surface area contributed by atoms with Gasteiger partial charge in [0.05, 0.1) is 55.9 Å². The molecule has 5 heterocycles. The van der Waals surface area contributed by atoms with E-state index < -0.39 is 0 Å². The quantitative estimate of drug-likeness (QED) is 0.513. The molecule has 0 aliphatic carbocycles. The van der Waals surface area contributed by atoms with E-state index in [0.29, 0.717) is 41.4 Å². The SMILES string of the molecule is COc1cc(-c2ccc3c(O)n(-c4ccc(N5CCOCC5)nc4)cc3n2)cnc1OC. The lowest BCUT2D eigenvalue weighted by Gasteiger charge is -2.27. The first-order valence-corrected chi connectivity index (χ1v) is 10.3. The summed E-state index contributed by atoms with van der Waals surface area (Å²) in [5, 5.41) is 11.4. The molecule has 1 aliphatic rings. The number of methoxy groups -OCH3 is 2. The summed E-state index contributed by atoms with van der Waals surface area (Å²) in [5.41, 5.74) is 2.91. The largest absolute Gasteiger partial charge is 0.494 e. The zero-order chi connectivity index (χ0) is 22.1. The highest BCUT2D eigenvalue weighted by Gasteiger charge is 2.16. The second-order valence-corrected chi connectivity index (χ2v) is 7.36. The Morgan fingerprint density at radius 2 is 1.84 bits per heavy atom. The van der Waals surface area contributed by atoms with Crippen LogP contribution >= 0.6 is 0 Å². The van der Waals surface area contributed by atoms with E-state index in [1.807, 2.05) is 30.3 Å². The number of hydrogen-bond donors (Lipinski definition) is 1. The van der Waals surface area contributed by atoms with Crippen LogP contribution in [0.25, 0.3) is 27.8 Å². The lowest BCUT2D eigenvalue weighted by molar-refractivity contribution is 0.122. The van der Waals surface area contributed by atoms with E-state index in [1.54, 1.807) is 37.4 Å². The molecule has 0 spiro atoms. The first-order valence-electron chi connectivity index (χ1n) is 10.3. The topological polar surface area (TPSA) is 94.8 Å². The molecule has 9 heteroatoms. The van der Waals surface area contributed by atoms with E-state index in [0.717, 1.165) is 30.2 Å². The Hall–Kier alpha value is -3.85. The number of fused-ring (bicyclic) bond motifs is 1. The molecule has 1 aliphatic heterocycles. The fraction of sp³-hybridized carbons (Fsp3) is 0.261. The van der Waals surface area contributed by atoms with Crippen LogP contribution in [0.1, 0.15) is 0 Å². The molecule has 1 fully saturated rings. The number of anilines is 1. The standard InChI is InChI=1S/C23H23N5O4/c1-30-20-11-15(12-25-22(20)31-2)18-5-4-17-19(26-18)14-28(23(17)29)16-3-6-21(24-13-16)27-7-9-32-10-8-27/h3-6,11-14,29H,7-10H2,1-2H3. The Labute approximate surface area is 184 Å². The Kier molecular flexibility index (Phi) is 5.24. The van der Waals surface area contributed by atoms with Gasteiger partial charge in [-0.05, 0) is 30.3 Å². The third-order valence-corrected chi connectivity index (χ3v) is 5.52. The van der Waals surface area contributed by atoms with Crippen LogP contribution in [0, 0.1) is 0 Å². The van der Waals surface area contributed by atoms with Crippen LogP contribution in [-0.2, 0) is 4.74 Å². The van der Waals surface area contributed by atoms with Crippen molar-refractivity contribution in [1.82, 2.24) is 19.5 Å². The second-order valence-electron chi connectivity index (χ2n) is 7.36. The molecule has 0 aromatic carbocycles. The molecule has 0 bridgehead atoms. The number of aromatic hydroxyl groups is 1. The summed E-state index contributed by atoms with van der Waals surface area (Å²) in [6.45, 7) is 3.05. The van der Waals surface area contributed by atoms with Gasteiger partial charge in [0.1, 0.15) is 5.82 Å². The Balaban J connectivity index is 1.48. The summed E-state index contributed by atoms with van der Waals surface area (Å²) in [6, 6.07) is 9.41. The van der Waals surface area contributed by atoms with Crippen molar-refractivity contribution in [2.45, 2.75) is 0 Å². The summed E-state index contributed by atoms with van der Waals surface area (Å²) in [5.74, 6) is 1.95. The van der Waals surface area contributed by atoms with Gasteiger partial charge in [-0.3, -0.25) is 4.57 Å². The smallest absolute Gasteiger partial charge is 0.256 e. The lowest BCUT2D eigenvalue weighted by atomic mass is 10.1. The first-order chi connectivity index (χ1) is 15.7. The van der Waals surface area contributed by atoms with Crippen molar-refractivity contribution in [2.75, 3.05) is 45.4 Å². The van der Waals surface area contributed by atoms with Crippen molar-refractivity contribution >= 4 is 16.7 Å². The molecular weight excluding hydrogens is 410 g/mol. The summed E-state index contributed by atoms with van der Waals surface area (Å²) in [6.07, 6.45) is 5.23. The molecule has 164 valence electrons. The number of hydrogen-bond acceptors (Lipinski definition) is 8. The molecule has 32 heavy (non-hydrogen) atoms. The molecular formula is C23H23N5O4. The maximum Gasteiger partial charge on any atom is 0.256 e. The number of ether oxygens (including phenoxy) is 3. The van der Waals surface area contributed by atoms with E-state index >= 15 is 0 Å². The minimum absolute atomic E-state index is 0.116. The predicted molar refractivity (Wildman–Crippen MR) is 120 cm³/mol. The highest BCUT2D eigenvalue weighted by Crippen LogP contribution is 2.33. The van der Waals surface area contributed by atoms with Crippen LogP contribution in [0.5, 0.6) is 17.5 Å². The van der Waals surface area contributed by atoms with E-state index in [9.17, 15) is 5.11 Å². The molecule has 5 rings (SSSR count).